The number of aromatic hydroxyl groups is 1. The van der Waals surface area contributed by atoms with E-state index in [1.807, 2.05) is 36.4 Å². The molecule has 1 aliphatic heterocycles. The molecule has 0 saturated heterocycles. The molecule has 6 nitrogen and oxygen atoms in total. The molecule has 0 amide bonds. The molecule has 1 aliphatic rings. The van der Waals surface area contributed by atoms with Crippen LogP contribution in [0, 0.1) is 0 Å². The lowest BCUT2D eigenvalue weighted by Crippen LogP contribution is -2.25. The standard InChI is InChI=1S/C25H27NO5/c1-28-21-6-4-5-17(12-21)18-11-20-16-26(9-10-31-25(20)24(14-18)30-3)15-19-13-22(29-2)7-8-23(19)27/h4-8,11-14,27H,9-10,15-16H2,1-3H3. The van der Waals surface area contributed by atoms with E-state index in [9.17, 15) is 5.11 Å². The molecule has 0 radical (unpaired) electrons. The van der Waals surface area contributed by atoms with Gasteiger partial charge in [-0.2, -0.15) is 0 Å². The maximum atomic E-state index is 10.3. The molecule has 162 valence electrons. The van der Waals surface area contributed by atoms with Gasteiger partial charge in [-0.1, -0.05) is 12.1 Å². The molecule has 1 heterocycles. The molecule has 0 fully saturated rings. The van der Waals surface area contributed by atoms with Crippen molar-refractivity contribution in [2.24, 2.45) is 0 Å². The van der Waals surface area contributed by atoms with Crippen LogP contribution in [0.25, 0.3) is 11.1 Å². The highest BCUT2D eigenvalue weighted by Gasteiger charge is 2.21. The van der Waals surface area contributed by atoms with Gasteiger partial charge >= 0.3 is 0 Å². The minimum Gasteiger partial charge on any atom is -0.508 e. The number of hydrogen-bond acceptors (Lipinski definition) is 6. The Balaban J connectivity index is 1.67. The first-order valence-corrected chi connectivity index (χ1v) is 10.2. The summed E-state index contributed by atoms with van der Waals surface area (Å²) in [7, 11) is 4.94. The Labute approximate surface area is 182 Å². The Morgan fingerprint density at radius 2 is 1.71 bits per heavy atom. The summed E-state index contributed by atoms with van der Waals surface area (Å²) in [4.78, 5) is 2.25. The number of fused-ring (bicyclic) bond motifs is 1. The molecular formula is C25H27NO5. The van der Waals surface area contributed by atoms with Gasteiger partial charge in [-0.05, 0) is 53.6 Å². The first-order valence-electron chi connectivity index (χ1n) is 10.2. The smallest absolute Gasteiger partial charge is 0.165 e. The molecule has 6 heteroatoms. The fraction of sp³-hybridized carbons (Fsp3) is 0.280. The zero-order valence-electron chi connectivity index (χ0n) is 18.1. The number of hydrogen-bond donors (Lipinski definition) is 1. The van der Waals surface area contributed by atoms with Crippen molar-refractivity contribution < 1.29 is 24.1 Å². The summed E-state index contributed by atoms with van der Waals surface area (Å²) in [6, 6.07) is 17.4. The molecule has 4 rings (SSSR count). The number of phenols is 1. The van der Waals surface area contributed by atoms with Crippen LogP contribution in [0.4, 0.5) is 0 Å². The van der Waals surface area contributed by atoms with Gasteiger partial charge in [0, 0.05) is 30.8 Å². The largest absolute Gasteiger partial charge is 0.508 e. The summed E-state index contributed by atoms with van der Waals surface area (Å²) in [5.74, 6) is 3.26. The summed E-state index contributed by atoms with van der Waals surface area (Å²) in [6.07, 6.45) is 0. The van der Waals surface area contributed by atoms with E-state index >= 15 is 0 Å². The predicted octanol–water partition coefficient (Wildman–Crippen LogP) is 4.48. The molecule has 0 atom stereocenters. The van der Waals surface area contributed by atoms with Crippen molar-refractivity contribution in [3.05, 3.63) is 65.7 Å². The van der Waals surface area contributed by atoms with E-state index < -0.39 is 0 Å². The van der Waals surface area contributed by atoms with E-state index in [0.717, 1.165) is 46.0 Å². The van der Waals surface area contributed by atoms with Gasteiger partial charge in [-0.25, -0.2) is 0 Å². The SMILES string of the molecule is COc1cccc(-c2cc3c(c(OC)c2)OCCN(Cc2cc(OC)ccc2O)C3)c1. The Kier molecular flexibility index (Phi) is 6.18. The van der Waals surface area contributed by atoms with E-state index in [0.29, 0.717) is 25.4 Å². The number of methoxy groups -OCH3 is 3. The van der Waals surface area contributed by atoms with Crippen LogP contribution in [0.1, 0.15) is 11.1 Å². The molecule has 1 N–H and O–H groups in total. The third kappa shape index (κ3) is 4.54. The van der Waals surface area contributed by atoms with E-state index in [4.69, 9.17) is 18.9 Å². The summed E-state index contributed by atoms with van der Waals surface area (Å²) in [5.41, 5.74) is 3.93. The Hall–Kier alpha value is -3.38. The first-order chi connectivity index (χ1) is 15.1. The molecule has 0 spiro atoms. The summed E-state index contributed by atoms with van der Waals surface area (Å²) >= 11 is 0. The molecule has 0 aromatic heterocycles. The summed E-state index contributed by atoms with van der Waals surface area (Å²) in [6.45, 7) is 2.51. The molecule has 0 unspecified atom stereocenters. The Bertz CT molecular complexity index is 1070. The van der Waals surface area contributed by atoms with Gasteiger partial charge in [-0.15, -0.1) is 0 Å². The van der Waals surface area contributed by atoms with Gasteiger partial charge in [0.15, 0.2) is 11.5 Å². The van der Waals surface area contributed by atoms with Crippen molar-refractivity contribution in [3.8, 4) is 39.9 Å². The van der Waals surface area contributed by atoms with Gasteiger partial charge in [0.1, 0.15) is 23.9 Å². The number of rotatable bonds is 6. The fourth-order valence-corrected chi connectivity index (χ4v) is 3.85. The molecule has 0 aliphatic carbocycles. The first kappa shape index (κ1) is 20.9. The highest BCUT2D eigenvalue weighted by Crippen LogP contribution is 2.39. The van der Waals surface area contributed by atoms with Gasteiger partial charge in [0.2, 0.25) is 0 Å². The average molecular weight is 421 g/mol. The van der Waals surface area contributed by atoms with Crippen LogP contribution < -0.4 is 18.9 Å². The highest BCUT2D eigenvalue weighted by atomic mass is 16.5. The second-order valence-corrected chi connectivity index (χ2v) is 7.45. The van der Waals surface area contributed by atoms with Crippen molar-refractivity contribution in [1.82, 2.24) is 4.90 Å². The second kappa shape index (κ2) is 9.18. The average Bonchev–Trinajstić information content (AvgIpc) is 3.01. The van der Waals surface area contributed by atoms with Gasteiger partial charge in [0.05, 0.1) is 21.3 Å². The van der Waals surface area contributed by atoms with Crippen molar-refractivity contribution in [3.63, 3.8) is 0 Å². The summed E-state index contributed by atoms with van der Waals surface area (Å²) < 4.78 is 22.4. The maximum Gasteiger partial charge on any atom is 0.165 e. The Morgan fingerprint density at radius 3 is 2.48 bits per heavy atom. The van der Waals surface area contributed by atoms with Crippen molar-refractivity contribution in [1.29, 1.82) is 0 Å². The van der Waals surface area contributed by atoms with Crippen LogP contribution in [-0.2, 0) is 13.1 Å². The molecular weight excluding hydrogens is 394 g/mol. The predicted molar refractivity (Wildman–Crippen MR) is 119 cm³/mol. The lowest BCUT2D eigenvalue weighted by atomic mass is 10.0. The fourth-order valence-electron chi connectivity index (χ4n) is 3.85. The number of phenolic OH excluding ortho intramolecular Hbond substituents is 1. The van der Waals surface area contributed by atoms with Gasteiger partial charge < -0.3 is 24.1 Å². The normalized spacial score (nSPS) is 13.6. The van der Waals surface area contributed by atoms with Crippen LogP contribution in [-0.4, -0.2) is 44.5 Å². The van der Waals surface area contributed by atoms with Crippen LogP contribution in [0.2, 0.25) is 0 Å². The highest BCUT2D eigenvalue weighted by molar-refractivity contribution is 5.70. The minimum atomic E-state index is 0.258. The van der Waals surface area contributed by atoms with E-state index in [1.54, 1.807) is 33.5 Å². The van der Waals surface area contributed by atoms with Crippen molar-refractivity contribution in [2.75, 3.05) is 34.5 Å². The van der Waals surface area contributed by atoms with Gasteiger partial charge in [0.25, 0.3) is 0 Å². The molecule has 3 aromatic carbocycles. The van der Waals surface area contributed by atoms with Crippen LogP contribution >= 0.6 is 0 Å². The number of nitrogens with zero attached hydrogens (tertiary/aromatic N) is 1. The van der Waals surface area contributed by atoms with Crippen molar-refractivity contribution >= 4 is 0 Å². The lowest BCUT2D eigenvalue weighted by molar-refractivity contribution is 0.215. The van der Waals surface area contributed by atoms with E-state index in [1.165, 1.54) is 0 Å². The molecule has 0 bridgehead atoms. The quantitative estimate of drug-likeness (QED) is 0.633. The van der Waals surface area contributed by atoms with Crippen molar-refractivity contribution in [2.45, 2.75) is 13.1 Å². The topological polar surface area (TPSA) is 60.4 Å². The molecule has 3 aromatic rings. The third-order valence-electron chi connectivity index (χ3n) is 5.48. The van der Waals surface area contributed by atoms with Gasteiger partial charge in [-0.3, -0.25) is 4.90 Å². The van der Waals surface area contributed by atoms with E-state index in [2.05, 4.69) is 11.0 Å². The monoisotopic (exact) mass is 421 g/mol. The summed E-state index contributed by atoms with van der Waals surface area (Å²) in [5, 5.41) is 10.3. The minimum absolute atomic E-state index is 0.258. The van der Waals surface area contributed by atoms with Crippen LogP contribution in [0.5, 0.6) is 28.7 Å². The third-order valence-corrected chi connectivity index (χ3v) is 5.48. The maximum absolute atomic E-state index is 10.3. The van der Waals surface area contributed by atoms with E-state index in [-0.39, 0.29) is 5.75 Å². The van der Waals surface area contributed by atoms with Crippen LogP contribution in [0.3, 0.4) is 0 Å². The second-order valence-electron chi connectivity index (χ2n) is 7.45. The molecule has 31 heavy (non-hydrogen) atoms. The number of benzene rings is 3. The van der Waals surface area contributed by atoms with Crippen LogP contribution in [0.15, 0.2) is 54.6 Å². The lowest BCUT2D eigenvalue weighted by Gasteiger charge is -2.21. The zero-order chi connectivity index (χ0) is 21.8. The molecule has 0 saturated carbocycles. The Morgan fingerprint density at radius 1 is 0.903 bits per heavy atom. The number of ether oxygens (including phenoxy) is 4. The zero-order valence-corrected chi connectivity index (χ0v) is 18.1.